The lowest BCUT2D eigenvalue weighted by atomic mass is 10.1. The van der Waals surface area contributed by atoms with E-state index in [1.54, 1.807) is 18.2 Å². The van der Waals surface area contributed by atoms with Gasteiger partial charge < -0.3 is 5.73 Å². The molecule has 1 fully saturated rings. The lowest BCUT2D eigenvalue weighted by Crippen LogP contribution is -2.26. The molecule has 2 rings (SSSR count). The summed E-state index contributed by atoms with van der Waals surface area (Å²) in [4.78, 5) is 0.315. The van der Waals surface area contributed by atoms with Gasteiger partial charge in [0.15, 0.2) is 0 Å². The summed E-state index contributed by atoms with van der Waals surface area (Å²) >= 11 is 0. The summed E-state index contributed by atoms with van der Waals surface area (Å²) in [5, 5.41) is 0. The number of sulfonamides is 1. The van der Waals surface area contributed by atoms with Gasteiger partial charge in [-0.1, -0.05) is 44.7 Å². The van der Waals surface area contributed by atoms with Gasteiger partial charge in [0.05, 0.1) is 4.90 Å². The Morgan fingerprint density at radius 3 is 2.71 bits per heavy atom. The SMILES string of the molecule is CCC(N)c1cccc(S(=O)(=O)NCCC2CCCC2)c1. The Labute approximate surface area is 128 Å². The van der Waals surface area contributed by atoms with E-state index in [2.05, 4.69) is 4.72 Å². The number of rotatable bonds is 7. The second-order valence-electron chi connectivity index (χ2n) is 5.92. The molecule has 21 heavy (non-hydrogen) atoms. The summed E-state index contributed by atoms with van der Waals surface area (Å²) in [5.74, 6) is 0.688. The fraction of sp³-hybridized carbons (Fsp3) is 0.625. The Kier molecular flexibility index (Phi) is 5.79. The molecular formula is C16H26N2O2S. The van der Waals surface area contributed by atoms with Crippen LogP contribution in [0.15, 0.2) is 29.2 Å². The molecule has 0 amide bonds. The average Bonchev–Trinajstić information content (AvgIpc) is 2.99. The highest BCUT2D eigenvalue weighted by Gasteiger charge is 2.18. The fourth-order valence-corrected chi connectivity index (χ4v) is 4.03. The molecule has 0 aromatic heterocycles. The largest absolute Gasteiger partial charge is 0.324 e. The summed E-state index contributed by atoms with van der Waals surface area (Å²) in [6.45, 7) is 2.52. The molecular weight excluding hydrogens is 284 g/mol. The van der Waals surface area contributed by atoms with Gasteiger partial charge in [0.25, 0.3) is 0 Å². The minimum atomic E-state index is -3.42. The van der Waals surface area contributed by atoms with Crippen LogP contribution in [0.3, 0.4) is 0 Å². The van der Waals surface area contributed by atoms with Crippen molar-refractivity contribution >= 4 is 10.0 Å². The van der Waals surface area contributed by atoms with E-state index in [0.717, 1.165) is 18.4 Å². The zero-order valence-corrected chi connectivity index (χ0v) is 13.5. The van der Waals surface area contributed by atoms with Gasteiger partial charge in [-0.15, -0.1) is 0 Å². The third-order valence-electron chi connectivity index (χ3n) is 4.36. The Bertz CT molecular complexity index is 551. The van der Waals surface area contributed by atoms with E-state index in [-0.39, 0.29) is 6.04 Å². The molecule has 3 N–H and O–H groups in total. The first-order valence-electron chi connectivity index (χ1n) is 7.88. The van der Waals surface area contributed by atoms with Crippen LogP contribution in [0, 0.1) is 5.92 Å². The molecule has 1 aliphatic rings. The Morgan fingerprint density at radius 1 is 1.33 bits per heavy atom. The lowest BCUT2D eigenvalue weighted by Gasteiger charge is -2.13. The molecule has 118 valence electrons. The summed E-state index contributed by atoms with van der Waals surface area (Å²) in [6, 6.07) is 6.84. The maximum Gasteiger partial charge on any atom is 0.240 e. The van der Waals surface area contributed by atoms with Crippen molar-refractivity contribution < 1.29 is 8.42 Å². The highest BCUT2D eigenvalue weighted by molar-refractivity contribution is 7.89. The van der Waals surface area contributed by atoms with Crippen LogP contribution in [-0.2, 0) is 10.0 Å². The monoisotopic (exact) mass is 310 g/mol. The number of nitrogens with one attached hydrogen (secondary N) is 1. The van der Waals surface area contributed by atoms with Crippen LogP contribution in [0.25, 0.3) is 0 Å². The standard InChI is InChI=1S/C16H26N2O2S/c1-2-16(17)14-8-5-9-15(12-14)21(19,20)18-11-10-13-6-3-4-7-13/h5,8-9,12-13,16,18H,2-4,6-7,10-11,17H2,1H3. The van der Waals surface area contributed by atoms with Crippen LogP contribution in [0.2, 0.25) is 0 Å². The molecule has 1 aromatic carbocycles. The van der Waals surface area contributed by atoms with Crippen molar-refractivity contribution in [2.45, 2.75) is 56.4 Å². The predicted octanol–water partition coefficient (Wildman–Crippen LogP) is 2.96. The highest BCUT2D eigenvalue weighted by atomic mass is 32.2. The molecule has 5 heteroatoms. The summed E-state index contributed by atoms with van der Waals surface area (Å²) in [7, 11) is -3.42. The maximum absolute atomic E-state index is 12.3. The predicted molar refractivity (Wildman–Crippen MR) is 85.4 cm³/mol. The van der Waals surface area contributed by atoms with E-state index in [1.807, 2.05) is 13.0 Å². The number of hydrogen-bond acceptors (Lipinski definition) is 3. The van der Waals surface area contributed by atoms with Crippen LogP contribution in [-0.4, -0.2) is 15.0 Å². The van der Waals surface area contributed by atoms with Crippen molar-refractivity contribution in [3.05, 3.63) is 29.8 Å². The molecule has 0 bridgehead atoms. The van der Waals surface area contributed by atoms with Gasteiger partial charge in [-0.05, 0) is 36.5 Å². The topological polar surface area (TPSA) is 72.2 Å². The molecule has 4 nitrogen and oxygen atoms in total. The first-order chi connectivity index (χ1) is 10.0. The second kappa shape index (κ2) is 7.38. The van der Waals surface area contributed by atoms with E-state index in [0.29, 0.717) is 17.4 Å². The normalized spacial score (nSPS) is 18.0. The summed E-state index contributed by atoms with van der Waals surface area (Å²) in [5.41, 5.74) is 6.85. The van der Waals surface area contributed by atoms with E-state index in [9.17, 15) is 8.42 Å². The first kappa shape index (κ1) is 16.5. The van der Waals surface area contributed by atoms with Crippen LogP contribution in [0.4, 0.5) is 0 Å². The third-order valence-corrected chi connectivity index (χ3v) is 5.81. The lowest BCUT2D eigenvalue weighted by molar-refractivity contribution is 0.495. The van der Waals surface area contributed by atoms with Gasteiger partial charge in [0.2, 0.25) is 10.0 Å². The molecule has 1 atom stereocenters. The number of benzene rings is 1. The smallest absolute Gasteiger partial charge is 0.240 e. The minimum Gasteiger partial charge on any atom is -0.324 e. The van der Waals surface area contributed by atoms with Gasteiger partial charge >= 0.3 is 0 Å². The Morgan fingerprint density at radius 2 is 2.05 bits per heavy atom. The Balaban J connectivity index is 1.98. The van der Waals surface area contributed by atoms with Crippen LogP contribution < -0.4 is 10.5 Å². The molecule has 1 unspecified atom stereocenters. The van der Waals surface area contributed by atoms with Crippen molar-refractivity contribution in [1.29, 1.82) is 0 Å². The molecule has 0 heterocycles. The van der Waals surface area contributed by atoms with E-state index >= 15 is 0 Å². The molecule has 0 saturated heterocycles. The average molecular weight is 310 g/mol. The van der Waals surface area contributed by atoms with Gasteiger partial charge in [-0.25, -0.2) is 13.1 Å². The summed E-state index contributed by atoms with van der Waals surface area (Å²) < 4.78 is 27.4. The van der Waals surface area contributed by atoms with Crippen LogP contribution in [0.1, 0.15) is 57.1 Å². The second-order valence-corrected chi connectivity index (χ2v) is 7.69. The van der Waals surface area contributed by atoms with E-state index in [1.165, 1.54) is 25.7 Å². The quantitative estimate of drug-likeness (QED) is 0.813. The van der Waals surface area contributed by atoms with Gasteiger partial charge in [-0.3, -0.25) is 0 Å². The van der Waals surface area contributed by atoms with Gasteiger partial charge in [0.1, 0.15) is 0 Å². The molecule has 1 aromatic rings. The van der Waals surface area contributed by atoms with Gasteiger partial charge in [-0.2, -0.15) is 0 Å². The summed E-state index contributed by atoms with van der Waals surface area (Å²) in [6.07, 6.45) is 6.78. The molecule has 0 aliphatic heterocycles. The molecule has 0 radical (unpaired) electrons. The highest BCUT2D eigenvalue weighted by Crippen LogP contribution is 2.27. The van der Waals surface area contributed by atoms with E-state index in [4.69, 9.17) is 5.73 Å². The third kappa shape index (κ3) is 4.53. The Hall–Kier alpha value is -0.910. The molecule has 1 aliphatic carbocycles. The minimum absolute atomic E-state index is 0.112. The number of hydrogen-bond donors (Lipinski definition) is 2. The van der Waals surface area contributed by atoms with E-state index < -0.39 is 10.0 Å². The maximum atomic E-state index is 12.3. The van der Waals surface area contributed by atoms with Crippen LogP contribution >= 0.6 is 0 Å². The zero-order valence-electron chi connectivity index (χ0n) is 12.7. The van der Waals surface area contributed by atoms with Crippen molar-refractivity contribution in [2.75, 3.05) is 6.54 Å². The van der Waals surface area contributed by atoms with Crippen molar-refractivity contribution in [2.24, 2.45) is 11.7 Å². The molecule has 0 spiro atoms. The first-order valence-corrected chi connectivity index (χ1v) is 9.36. The van der Waals surface area contributed by atoms with Crippen molar-refractivity contribution in [3.63, 3.8) is 0 Å². The van der Waals surface area contributed by atoms with Crippen molar-refractivity contribution in [3.8, 4) is 0 Å². The van der Waals surface area contributed by atoms with Gasteiger partial charge in [0, 0.05) is 12.6 Å². The zero-order chi connectivity index (χ0) is 15.3. The fourth-order valence-electron chi connectivity index (χ4n) is 2.93. The van der Waals surface area contributed by atoms with Crippen LogP contribution in [0.5, 0.6) is 0 Å². The number of nitrogens with two attached hydrogens (primary N) is 1. The van der Waals surface area contributed by atoms with Crippen molar-refractivity contribution in [1.82, 2.24) is 4.72 Å². The molecule has 1 saturated carbocycles.